The Morgan fingerprint density at radius 1 is 1.15 bits per heavy atom. The van der Waals surface area contributed by atoms with Crippen molar-refractivity contribution >= 4 is 16.8 Å². The third-order valence-electron chi connectivity index (χ3n) is 6.09. The predicted octanol–water partition coefficient (Wildman–Crippen LogP) is 4.94. The lowest BCUT2D eigenvalue weighted by molar-refractivity contribution is 0.0934. The molecule has 34 heavy (non-hydrogen) atoms. The fourth-order valence-corrected chi connectivity index (χ4v) is 3.98. The number of rotatable bonds is 11. The highest BCUT2D eigenvalue weighted by Gasteiger charge is 2.18. The highest BCUT2D eigenvalue weighted by atomic mass is 16.5. The van der Waals surface area contributed by atoms with Crippen molar-refractivity contribution in [1.29, 1.82) is 0 Å². The summed E-state index contributed by atoms with van der Waals surface area (Å²) in [5.41, 5.74) is 3.80. The van der Waals surface area contributed by atoms with Gasteiger partial charge in [0.05, 0.1) is 13.7 Å². The first-order valence-corrected chi connectivity index (χ1v) is 11.7. The quantitative estimate of drug-likeness (QED) is 0.331. The maximum atomic E-state index is 12.4. The van der Waals surface area contributed by atoms with E-state index in [1.165, 1.54) is 17.2 Å². The van der Waals surface area contributed by atoms with Gasteiger partial charge in [-0.25, -0.2) is 4.98 Å². The number of nitrogens with zero attached hydrogens (tertiary/aromatic N) is 2. The topological polar surface area (TPSA) is 83.4 Å². The number of hydrogen-bond donors (Lipinski definition) is 2. The summed E-state index contributed by atoms with van der Waals surface area (Å²) in [6, 6.07) is 16.4. The van der Waals surface area contributed by atoms with Crippen LogP contribution >= 0.6 is 0 Å². The van der Waals surface area contributed by atoms with Crippen LogP contribution in [0, 0.1) is 0 Å². The van der Waals surface area contributed by atoms with Gasteiger partial charge in [-0.1, -0.05) is 43.3 Å². The number of methoxy groups -OCH3 is 1. The van der Waals surface area contributed by atoms with Crippen molar-refractivity contribution in [2.75, 3.05) is 13.7 Å². The number of nitrogens with one attached hydrogen (secondary N) is 2. The Labute approximate surface area is 200 Å². The highest BCUT2D eigenvalue weighted by Crippen LogP contribution is 2.22. The van der Waals surface area contributed by atoms with Gasteiger partial charge in [0.1, 0.15) is 12.0 Å². The molecule has 2 heterocycles. The number of carbonyl (C=O) groups excluding carboxylic acids is 1. The number of amides is 1. The van der Waals surface area contributed by atoms with Crippen LogP contribution in [0.15, 0.2) is 65.4 Å². The van der Waals surface area contributed by atoms with Gasteiger partial charge in [-0.2, -0.15) is 0 Å². The molecule has 7 heteroatoms. The minimum Gasteiger partial charge on any atom is -0.496 e. The van der Waals surface area contributed by atoms with Crippen molar-refractivity contribution in [3.05, 3.63) is 83.7 Å². The van der Waals surface area contributed by atoms with Crippen molar-refractivity contribution in [2.45, 2.75) is 45.8 Å². The largest absolute Gasteiger partial charge is 0.496 e. The lowest BCUT2D eigenvalue weighted by atomic mass is 10.1. The molecule has 0 aliphatic carbocycles. The molecule has 0 spiro atoms. The molecular weight excluding hydrogens is 428 g/mol. The number of aromatic nitrogens is 2. The van der Waals surface area contributed by atoms with E-state index in [1.807, 2.05) is 38.1 Å². The summed E-state index contributed by atoms with van der Waals surface area (Å²) in [6.07, 6.45) is 5.24. The first kappa shape index (κ1) is 23.6. The van der Waals surface area contributed by atoms with Gasteiger partial charge in [0, 0.05) is 41.8 Å². The zero-order chi connectivity index (χ0) is 23.9. The van der Waals surface area contributed by atoms with E-state index in [4.69, 9.17) is 9.15 Å². The van der Waals surface area contributed by atoms with Gasteiger partial charge in [-0.3, -0.25) is 9.69 Å². The van der Waals surface area contributed by atoms with E-state index in [1.54, 1.807) is 7.11 Å². The summed E-state index contributed by atoms with van der Waals surface area (Å²) in [7, 11) is 1.69. The molecule has 178 valence electrons. The molecule has 0 bridgehead atoms. The summed E-state index contributed by atoms with van der Waals surface area (Å²) in [6.45, 7) is 5.94. The Balaban J connectivity index is 1.51. The molecule has 1 amide bonds. The first-order valence-electron chi connectivity index (χ1n) is 11.7. The molecule has 4 rings (SSSR count). The van der Waals surface area contributed by atoms with Crippen molar-refractivity contribution < 1.29 is 13.9 Å². The standard InChI is InChI=1S/C27H32N4O3/c1-4-19(2)29-27(32)24-18-34-26(30-24)17-31(16-21-9-5-8-12-25(21)33-3)14-13-20-15-28-23-11-7-6-10-22(20)23/h5-12,15,18-19,28H,4,13-14,16-17H2,1-3H3,(H,29,32). The van der Waals surface area contributed by atoms with Gasteiger partial charge in [0.25, 0.3) is 5.91 Å². The number of fused-ring (bicyclic) bond motifs is 1. The third kappa shape index (κ3) is 5.66. The van der Waals surface area contributed by atoms with Crippen LogP contribution in [0.4, 0.5) is 0 Å². The lowest BCUT2D eigenvalue weighted by Gasteiger charge is -2.22. The van der Waals surface area contributed by atoms with Crippen LogP contribution in [0.2, 0.25) is 0 Å². The van der Waals surface area contributed by atoms with Gasteiger partial charge in [-0.05, 0) is 37.5 Å². The second kappa shape index (κ2) is 11.0. The van der Waals surface area contributed by atoms with Crippen LogP contribution in [0.1, 0.15) is 47.8 Å². The molecule has 4 aromatic rings. The summed E-state index contributed by atoms with van der Waals surface area (Å²) in [4.78, 5) is 22.5. The maximum Gasteiger partial charge on any atom is 0.273 e. The number of oxazole rings is 1. The smallest absolute Gasteiger partial charge is 0.273 e. The van der Waals surface area contributed by atoms with Crippen LogP contribution in [-0.2, 0) is 19.5 Å². The lowest BCUT2D eigenvalue weighted by Crippen LogP contribution is -2.32. The molecular formula is C27H32N4O3. The summed E-state index contributed by atoms with van der Waals surface area (Å²) >= 11 is 0. The van der Waals surface area contributed by atoms with E-state index in [9.17, 15) is 4.79 Å². The average Bonchev–Trinajstić information content (AvgIpc) is 3.50. The predicted molar refractivity (Wildman–Crippen MR) is 133 cm³/mol. The Morgan fingerprint density at radius 2 is 1.94 bits per heavy atom. The number of benzene rings is 2. The molecule has 2 aromatic carbocycles. The molecule has 0 aliphatic rings. The molecule has 1 unspecified atom stereocenters. The van der Waals surface area contributed by atoms with Crippen LogP contribution in [0.25, 0.3) is 10.9 Å². The van der Waals surface area contributed by atoms with Gasteiger partial charge in [0.15, 0.2) is 5.69 Å². The van der Waals surface area contributed by atoms with Crippen LogP contribution in [0.3, 0.4) is 0 Å². The number of H-pyrrole nitrogens is 1. The summed E-state index contributed by atoms with van der Waals surface area (Å²) in [5, 5.41) is 4.17. The molecule has 2 N–H and O–H groups in total. The Bertz CT molecular complexity index is 1230. The zero-order valence-corrected chi connectivity index (χ0v) is 20.0. The van der Waals surface area contributed by atoms with E-state index >= 15 is 0 Å². The Kier molecular flexibility index (Phi) is 7.65. The minimum absolute atomic E-state index is 0.0888. The molecule has 7 nitrogen and oxygen atoms in total. The summed E-state index contributed by atoms with van der Waals surface area (Å²) < 4.78 is 11.2. The van der Waals surface area contributed by atoms with Crippen molar-refractivity contribution in [3.8, 4) is 5.75 Å². The molecule has 1 atom stereocenters. The molecule has 0 aliphatic heterocycles. The van der Waals surface area contributed by atoms with Crippen molar-refractivity contribution in [3.63, 3.8) is 0 Å². The van der Waals surface area contributed by atoms with Crippen molar-refractivity contribution in [1.82, 2.24) is 20.2 Å². The molecule has 0 fully saturated rings. The van der Waals surface area contributed by atoms with E-state index in [0.717, 1.165) is 36.2 Å². The zero-order valence-electron chi connectivity index (χ0n) is 20.0. The second-order valence-electron chi connectivity index (χ2n) is 8.54. The van der Waals surface area contributed by atoms with E-state index in [0.29, 0.717) is 24.7 Å². The second-order valence-corrected chi connectivity index (χ2v) is 8.54. The third-order valence-corrected chi connectivity index (χ3v) is 6.09. The Hall–Kier alpha value is -3.58. The number of ether oxygens (including phenoxy) is 1. The van der Waals surface area contributed by atoms with Crippen LogP contribution < -0.4 is 10.1 Å². The normalized spacial score (nSPS) is 12.2. The number of carbonyl (C=O) groups is 1. The molecule has 0 radical (unpaired) electrons. The number of aromatic amines is 1. The van der Waals surface area contributed by atoms with Crippen LogP contribution in [-0.4, -0.2) is 40.5 Å². The Morgan fingerprint density at radius 3 is 2.76 bits per heavy atom. The van der Waals surface area contributed by atoms with E-state index in [2.05, 4.69) is 50.6 Å². The van der Waals surface area contributed by atoms with Gasteiger partial charge >= 0.3 is 0 Å². The fraction of sp³-hybridized carbons (Fsp3) is 0.333. The monoisotopic (exact) mass is 460 g/mol. The van der Waals surface area contributed by atoms with Gasteiger partial charge < -0.3 is 19.5 Å². The molecule has 0 saturated carbocycles. The van der Waals surface area contributed by atoms with E-state index < -0.39 is 0 Å². The SMILES string of the molecule is CCC(C)NC(=O)c1coc(CN(CCc2c[nH]c3ccccc23)Cc2ccccc2OC)n1. The van der Waals surface area contributed by atoms with Crippen molar-refractivity contribution in [2.24, 2.45) is 0 Å². The fourth-order valence-electron chi connectivity index (χ4n) is 3.98. The molecule has 0 saturated heterocycles. The van der Waals surface area contributed by atoms with Gasteiger partial charge in [-0.15, -0.1) is 0 Å². The number of para-hydroxylation sites is 2. The summed E-state index contributed by atoms with van der Waals surface area (Å²) in [5.74, 6) is 1.16. The van der Waals surface area contributed by atoms with E-state index in [-0.39, 0.29) is 11.9 Å². The highest BCUT2D eigenvalue weighted by molar-refractivity contribution is 5.92. The first-order chi connectivity index (χ1) is 16.6. The molecule has 2 aromatic heterocycles. The average molecular weight is 461 g/mol. The minimum atomic E-state index is -0.209. The van der Waals surface area contributed by atoms with Crippen LogP contribution in [0.5, 0.6) is 5.75 Å². The van der Waals surface area contributed by atoms with Gasteiger partial charge in [0.2, 0.25) is 5.89 Å². The number of hydrogen-bond acceptors (Lipinski definition) is 5. The maximum absolute atomic E-state index is 12.4.